The number of benzene rings is 1. The van der Waals surface area contributed by atoms with Crippen molar-refractivity contribution in [1.29, 1.82) is 5.26 Å². The molecule has 1 unspecified atom stereocenters. The van der Waals surface area contributed by atoms with E-state index in [1.807, 2.05) is 38.1 Å². The second-order valence-electron chi connectivity index (χ2n) is 3.72. The summed E-state index contributed by atoms with van der Waals surface area (Å²) in [7, 11) is 0. The van der Waals surface area contributed by atoms with Crippen molar-refractivity contribution in [3.63, 3.8) is 0 Å². The largest absolute Gasteiger partial charge is 0.299 e. The first-order valence-corrected chi connectivity index (χ1v) is 6.50. The zero-order valence-corrected chi connectivity index (χ0v) is 11.0. The number of nitrogens with zero attached hydrogens (tertiary/aromatic N) is 1. The third-order valence-electron chi connectivity index (χ3n) is 2.14. The quantitative estimate of drug-likeness (QED) is 0.819. The lowest BCUT2D eigenvalue weighted by molar-refractivity contribution is 0.511. The molecule has 1 N–H and O–H groups in total. The van der Waals surface area contributed by atoms with Gasteiger partial charge in [-0.25, -0.2) is 0 Å². The Morgan fingerprint density at radius 1 is 1.56 bits per heavy atom. The Morgan fingerprint density at radius 2 is 2.31 bits per heavy atom. The summed E-state index contributed by atoms with van der Waals surface area (Å²) in [5.74, 6) is 0.706. The first kappa shape index (κ1) is 13.4. The van der Waals surface area contributed by atoms with E-state index in [1.165, 1.54) is 0 Å². The third-order valence-corrected chi connectivity index (χ3v) is 3.68. The van der Waals surface area contributed by atoms with Gasteiger partial charge in [-0.05, 0) is 31.7 Å². The van der Waals surface area contributed by atoms with Gasteiger partial charge < -0.3 is 0 Å². The summed E-state index contributed by atoms with van der Waals surface area (Å²) in [6.45, 7) is 4.70. The highest BCUT2D eigenvalue weighted by atomic mass is 35.5. The van der Waals surface area contributed by atoms with Crippen LogP contribution in [0.4, 0.5) is 0 Å². The molecule has 0 aliphatic heterocycles. The summed E-state index contributed by atoms with van der Waals surface area (Å²) in [5.41, 5.74) is -0.484. The average molecular weight is 255 g/mol. The third kappa shape index (κ3) is 4.05. The minimum atomic E-state index is -0.484. The van der Waals surface area contributed by atoms with Crippen molar-refractivity contribution in [2.45, 2.75) is 24.3 Å². The topological polar surface area (TPSA) is 35.8 Å². The van der Waals surface area contributed by atoms with Gasteiger partial charge in [0.2, 0.25) is 0 Å². The van der Waals surface area contributed by atoms with Crippen LogP contribution in [-0.2, 0) is 0 Å². The van der Waals surface area contributed by atoms with Crippen LogP contribution in [0.15, 0.2) is 29.2 Å². The van der Waals surface area contributed by atoms with E-state index in [0.717, 1.165) is 16.5 Å². The van der Waals surface area contributed by atoms with Gasteiger partial charge in [0.05, 0.1) is 6.07 Å². The molecule has 0 bridgehead atoms. The number of hydrogen-bond donors (Lipinski definition) is 1. The van der Waals surface area contributed by atoms with E-state index in [4.69, 9.17) is 16.9 Å². The molecule has 0 aliphatic rings. The number of halogens is 1. The maximum atomic E-state index is 9.10. The Labute approximate surface area is 106 Å². The standard InChI is InChI=1S/C12H15ClN2S/c1-3-15-12(2,8-14)9-16-11-6-4-5-10(13)7-11/h4-7,15H,3,9H2,1-2H3. The van der Waals surface area contributed by atoms with Gasteiger partial charge in [0, 0.05) is 15.7 Å². The van der Waals surface area contributed by atoms with E-state index < -0.39 is 5.54 Å². The molecule has 0 aliphatic carbocycles. The zero-order chi connectivity index (χ0) is 12.0. The lowest BCUT2D eigenvalue weighted by Crippen LogP contribution is -2.43. The molecule has 0 spiro atoms. The van der Waals surface area contributed by atoms with E-state index in [-0.39, 0.29) is 0 Å². The van der Waals surface area contributed by atoms with E-state index in [0.29, 0.717) is 5.75 Å². The fourth-order valence-electron chi connectivity index (χ4n) is 1.30. The van der Waals surface area contributed by atoms with Crippen molar-refractivity contribution in [2.75, 3.05) is 12.3 Å². The molecule has 4 heteroatoms. The molecule has 0 saturated carbocycles. The molecule has 2 nitrogen and oxygen atoms in total. The number of hydrogen-bond acceptors (Lipinski definition) is 3. The van der Waals surface area contributed by atoms with Crippen LogP contribution in [-0.4, -0.2) is 17.8 Å². The number of nitrogens with one attached hydrogen (secondary N) is 1. The molecular weight excluding hydrogens is 240 g/mol. The van der Waals surface area contributed by atoms with Crippen LogP contribution in [0.2, 0.25) is 5.02 Å². The van der Waals surface area contributed by atoms with E-state index >= 15 is 0 Å². The van der Waals surface area contributed by atoms with Crippen molar-refractivity contribution < 1.29 is 0 Å². The molecule has 0 radical (unpaired) electrons. The smallest absolute Gasteiger partial charge is 0.113 e. The van der Waals surface area contributed by atoms with Gasteiger partial charge in [0.15, 0.2) is 0 Å². The Bertz CT molecular complexity index is 389. The van der Waals surface area contributed by atoms with Gasteiger partial charge >= 0.3 is 0 Å². The molecular formula is C12H15ClN2S. The minimum absolute atomic E-state index is 0.484. The Morgan fingerprint density at radius 3 is 2.88 bits per heavy atom. The van der Waals surface area contributed by atoms with Crippen molar-refractivity contribution in [2.24, 2.45) is 0 Å². The van der Waals surface area contributed by atoms with Crippen molar-refractivity contribution in [1.82, 2.24) is 5.32 Å². The summed E-state index contributed by atoms with van der Waals surface area (Å²) in [6, 6.07) is 9.98. The maximum Gasteiger partial charge on any atom is 0.113 e. The summed E-state index contributed by atoms with van der Waals surface area (Å²) in [6.07, 6.45) is 0. The second kappa shape index (κ2) is 6.15. The maximum absolute atomic E-state index is 9.10. The lowest BCUT2D eigenvalue weighted by atomic mass is 10.1. The monoisotopic (exact) mass is 254 g/mol. The van der Waals surface area contributed by atoms with Gasteiger partial charge in [-0.2, -0.15) is 5.26 Å². The molecule has 0 aromatic heterocycles. The Balaban J connectivity index is 2.60. The lowest BCUT2D eigenvalue weighted by Gasteiger charge is -2.21. The van der Waals surface area contributed by atoms with E-state index in [9.17, 15) is 0 Å². The van der Waals surface area contributed by atoms with Gasteiger partial charge in [-0.3, -0.25) is 5.32 Å². The average Bonchev–Trinajstić information content (AvgIpc) is 2.27. The molecule has 0 fully saturated rings. The molecule has 1 aromatic carbocycles. The normalized spacial score (nSPS) is 14.1. The predicted octanol–water partition coefficient (Wildman–Crippen LogP) is 3.32. The van der Waals surface area contributed by atoms with Crippen molar-refractivity contribution in [3.05, 3.63) is 29.3 Å². The van der Waals surface area contributed by atoms with Crippen molar-refractivity contribution >= 4 is 23.4 Å². The summed E-state index contributed by atoms with van der Waals surface area (Å²) in [5, 5.41) is 13.0. The summed E-state index contributed by atoms with van der Waals surface area (Å²) in [4.78, 5) is 1.09. The number of nitriles is 1. The molecule has 1 atom stereocenters. The number of rotatable bonds is 5. The van der Waals surface area contributed by atoms with Gasteiger partial charge in [-0.1, -0.05) is 24.6 Å². The fraction of sp³-hybridized carbons (Fsp3) is 0.417. The van der Waals surface area contributed by atoms with Crippen molar-refractivity contribution in [3.8, 4) is 6.07 Å². The van der Waals surface area contributed by atoms with Gasteiger partial charge in [0.1, 0.15) is 5.54 Å². The SMILES string of the molecule is CCNC(C)(C#N)CSc1cccc(Cl)c1. The molecule has 1 aromatic rings. The first-order chi connectivity index (χ1) is 7.59. The highest BCUT2D eigenvalue weighted by molar-refractivity contribution is 7.99. The van der Waals surface area contributed by atoms with Crippen LogP contribution in [0.25, 0.3) is 0 Å². The second-order valence-corrected chi connectivity index (χ2v) is 5.21. The summed E-state index contributed by atoms with van der Waals surface area (Å²) >= 11 is 7.53. The van der Waals surface area contributed by atoms with Crippen LogP contribution in [0, 0.1) is 11.3 Å². The van der Waals surface area contributed by atoms with Gasteiger partial charge in [0.25, 0.3) is 0 Å². The van der Waals surface area contributed by atoms with Gasteiger partial charge in [-0.15, -0.1) is 11.8 Å². The fourth-order valence-corrected chi connectivity index (χ4v) is 2.56. The van der Waals surface area contributed by atoms with Crippen LogP contribution in [0.1, 0.15) is 13.8 Å². The van der Waals surface area contributed by atoms with Crippen LogP contribution < -0.4 is 5.32 Å². The molecule has 0 heterocycles. The highest BCUT2D eigenvalue weighted by Crippen LogP contribution is 2.24. The van der Waals surface area contributed by atoms with E-state index in [2.05, 4.69) is 11.4 Å². The van der Waals surface area contributed by atoms with E-state index in [1.54, 1.807) is 11.8 Å². The first-order valence-electron chi connectivity index (χ1n) is 5.14. The van der Waals surface area contributed by atoms with Crippen LogP contribution >= 0.6 is 23.4 Å². The minimum Gasteiger partial charge on any atom is -0.299 e. The Hall–Kier alpha value is -0.690. The molecule has 0 amide bonds. The predicted molar refractivity (Wildman–Crippen MR) is 69.9 cm³/mol. The molecule has 16 heavy (non-hydrogen) atoms. The molecule has 86 valence electrons. The Kier molecular flexibility index (Phi) is 5.14. The summed E-state index contributed by atoms with van der Waals surface area (Å²) < 4.78 is 0. The molecule has 0 saturated heterocycles. The molecule has 1 rings (SSSR count). The van der Waals surface area contributed by atoms with Crippen LogP contribution in [0.3, 0.4) is 0 Å². The van der Waals surface area contributed by atoms with Crippen LogP contribution in [0.5, 0.6) is 0 Å². The zero-order valence-electron chi connectivity index (χ0n) is 9.46. The number of thioether (sulfide) groups is 1. The highest BCUT2D eigenvalue weighted by Gasteiger charge is 2.22.